The van der Waals surface area contributed by atoms with Crippen LogP contribution in [0.25, 0.3) is 0 Å². The topological polar surface area (TPSA) is 42.0 Å². The van der Waals surface area contributed by atoms with Gasteiger partial charge in [0, 0.05) is 23.6 Å². The standard InChI is InChI=1S/C13H11FN2O/c1-9-8-11(2-3-12(9)14)16-13(17)10-4-6-15-7-5-10/h2-8H,1H3,(H,16,17). The van der Waals surface area contributed by atoms with Crippen molar-refractivity contribution in [3.05, 3.63) is 59.7 Å². The van der Waals surface area contributed by atoms with Gasteiger partial charge in [0.2, 0.25) is 0 Å². The highest BCUT2D eigenvalue weighted by atomic mass is 19.1. The predicted octanol–water partition coefficient (Wildman–Crippen LogP) is 2.78. The number of amides is 1. The van der Waals surface area contributed by atoms with Gasteiger partial charge in [-0.15, -0.1) is 0 Å². The van der Waals surface area contributed by atoms with E-state index in [2.05, 4.69) is 10.3 Å². The molecule has 0 atom stereocenters. The van der Waals surface area contributed by atoms with Crippen molar-refractivity contribution in [3.63, 3.8) is 0 Å². The number of nitrogens with one attached hydrogen (secondary N) is 1. The zero-order valence-electron chi connectivity index (χ0n) is 9.27. The molecule has 1 amide bonds. The maximum atomic E-state index is 13.0. The zero-order valence-corrected chi connectivity index (χ0v) is 9.27. The van der Waals surface area contributed by atoms with Crippen LogP contribution in [0.3, 0.4) is 0 Å². The molecule has 0 radical (unpaired) electrons. The van der Waals surface area contributed by atoms with E-state index in [1.807, 2.05) is 0 Å². The molecule has 0 aliphatic heterocycles. The maximum Gasteiger partial charge on any atom is 0.255 e. The molecule has 0 aliphatic carbocycles. The lowest BCUT2D eigenvalue weighted by Crippen LogP contribution is -2.11. The molecule has 0 spiro atoms. The molecule has 86 valence electrons. The summed E-state index contributed by atoms with van der Waals surface area (Å²) in [5.41, 5.74) is 1.59. The van der Waals surface area contributed by atoms with E-state index >= 15 is 0 Å². The summed E-state index contributed by atoms with van der Waals surface area (Å²) in [6.45, 7) is 1.65. The SMILES string of the molecule is Cc1cc(NC(=O)c2ccncc2)ccc1F. The van der Waals surface area contributed by atoms with Gasteiger partial charge >= 0.3 is 0 Å². The molecule has 0 aliphatic rings. The molecule has 2 rings (SSSR count). The first-order valence-corrected chi connectivity index (χ1v) is 5.14. The Morgan fingerprint density at radius 2 is 1.94 bits per heavy atom. The van der Waals surface area contributed by atoms with E-state index < -0.39 is 0 Å². The summed E-state index contributed by atoms with van der Waals surface area (Å²) in [6, 6.07) is 7.69. The molecule has 0 saturated carbocycles. The van der Waals surface area contributed by atoms with Gasteiger partial charge in [-0.05, 0) is 42.8 Å². The Morgan fingerprint density at radius 1 is 1.24 bits per heavy atom. The number of nitrogens with zero attached hydrogens (tertiary/aromatic N) is 1. The number of carbonyl (C=O) groups excluding carboxylic acids is 1. The van der Waals surface area contributed by atoms with Crippen LogP contribution in [-0.2, 0) is 0 Å². The van der Waals surface area contributed by atoms with Crippen molar-refractivity contribution in [2.24, 2.45) is 0 Å². The number of halogens is 1. The Bertz CT molecular complexity index is 540. The highest BCUT2D eigenvalue weighted by Gasteiger charge is 2.06. The molecule has 3 nitrogen and oxygen atoms in total. The van der Waals surface area contributed by atoms with E-state index in [-0.39, 0.29) is 11.7 Å². The van der Waals surface area contributed by atoms with Crippen LogP contribution in [0.1, 0.15) is 15.9 Å². The highest BCUT2D eigenvalue weighted by Crippen LogP contribution is 2.14. The van der Waals surface area contributed by atoms with Gasteiger partial charge in [-0.2, -0.15) is 0 Å². The van der Waals surface area contributed by atoms with Crippen molar-refractivity contribution < 1.29 is 9.18 Å². The second-order valence-electron chi connectivity index (χ2n) is 3.65. The molecule has 1 N–H and O–H groups in total. The van der Waals surface area contributed by atoms with E-state index in [1.54, 1.807) is 37.5 Å². The normalized spacial score (nSPS) is 10.0. The number of pyridine rings is 1. The Kier molecular flexibility index (Phi) is 3.14. The van der Waals surface area contributed by atoms with Gasteiger partial charge in [-0.3, -0.25) is 9.78 Å². The van der Waals surface area contributed by atoms with E-state index in [0.717, 1.165) is 0 Å². The fourth-order valence-corrected chi connectivity index (χ4v) is 1.43. The number of benzene rings is 1. The molecule has 0 saturated heterocycles. The fourth-order valence-electron chi connectivity index (χ4n) is 1.43. The van der Waals surface area contributed by atoms with E-state index in [9.17, 15) is 9.18 Å². The monoisotopic (exact) mass is 230 g/mol. The van der Waals surface area contributed by atoms with Crippen LogP contribution >= 0.6 is 0 Å². The summed E-state index contributed by atoms with van der Waals surface area (Å²) < 4.78 is 13.0. The summed E-state index contributed by atoms with van der Waals surface area (Å²) in [6.07, 6.45) is 3.09. The van der Waals surface area contributed by atoms with Crippen molar-refractivity contribution in [2.45, 2.75) is 6.92 Å². The van der Waals surface area contributed by atoms with Crippen molar-refractivity contribution in [2.75, 3.05) is 5.32 Å². The van der Waals surface area contributed by atoms with Gasteiger partial charge in [-0.1, -0.05) is 0 Å². The molecular weight excluding hydrogens is 219 g/mol. The van der Waals surface area contributed by atoms with Crippen molar-refractivity contribution >= 4 is 11.6 Å². The van der Waals surface area contributed by atoms with Crippen LogP contribution in [0.4, 0.5) is 10.1 Å². The smallest absolute Gasteiger partial charge is 0.255 e. The molecule has 1 heterocycles. The van der Waals surface area contributed by atoms with Gasteiger partial charge in [-0.25, -0.2) is 4.39 Å². The largest absolute Gasteiger partial charge is 0.322 e. The lowest BCUT2D eigenvalue weighted by molar-refractivity contribution is 0.102. The van der Waals surface area contributed by atoms with Crippen LogP contribution in [0.5, 0.6) is 0 Å². The molecule has 4 heteroatoms. The Labute approximate surface area is 98.3 Å². The first-order chi connectivity index (χ1) is 8.16. The van der Waals surface area contributed by atoms with E-state index in [1.165, 1.54) is 12.1 Å². The summed E-state index contributed by atoms with van der Waals surface area (Å²) in [5.74, 6) is -0.523. The van der Waals surface area contributed by atoms with Crippen molar-refractivity contribution in [1.82, 2.24) is 4.98 Å². The van der Waals surface area contributed by atoms with Crippen LogP contribution in [0.15, 0.2) is 42.7 Å². The summed E-state index contributed by atoms with van der Waals surface area (Å²) in [4.78, 5) is 15.6. The van der Waals surface area contributed by atoms with Crippen molar-refractivity contribution in [1.29, 1.82) is 0 Å². The van der Waals surface area contributed by atoms with Crippen LogP contribution in [-0.4, -0.2) is 10.9 Å². The third-order valence-corrected chi connectivity index (χ3v) is 2.36. The van der Waals surface area contributed by atoms with E-state index in [0.29, 0.717) is 16.8 Å². The van der Waals surface area contributed by atoms with Gasteiger partial charge in [0.1, 0.15) is 5.82 Å². The first kappa shape index (κ1) is 11.3. The predicted molar refractivity (Wildman–Crippen MR) is 63.3 cm³/mol. The van der Waals surface area contributed by atoms with Gasteiger partial charge in [0.25, 0.3) is 5.91 Å². The fraction of sp³-hybridized carbons (Fsp3) is 0.0769. The molecule has 1 aromatic carbocycles. The molecule has 1 aromatic heterocycles. The molecule has 0 fully saturated rings. The van der Waals surface area contributed by atoms with Crippen molar-refractivity contribution in [3.8, 4) is 0 Å². The number of aryl methyl sites for hydroxylation is 1. The van der Waals surface area contributed by atoms with Gasteiger partial charge in [0.05, 0.1) is 0 Å². The second kappa shape index (κ2) is 4.74. The zero-order chi connectivity index (χ0) is 12.3. The lowest BCUT2D eigenvalue weighted by Gasteiger charge is -2.06. The highest BCUT2D eigenvalue weighted by molar-refractivity contribution is 6.04. The summed E-state index contributed by atoms with van der Waals surface area (Å²) in [7, 11) is 0. The minimum absolute atomic E-state index is 0.238. The minimum Gasteiger partial charge on any atom is -0.322 e. The third kappa shape index (κ3) is 2.66. The minimum atomic E-state index is -0.285. The maximum absolute atomic E-state index is 13.0. The quantitative estimate of drug-likeness (QED) is 0.861. The van der Waals surface area contributed by atoms with E-state index in [4.69, 9.17) is 0 Å². The second-order valence-corrected chi connectivity index (χ2v) is 3.65. The number of hydrogen-bond donors (Lipinski definition) is 1. The van der Waals surface area contributed by atoms with Crippen LogP contribution in [0.2, 0.25) is 0 Å². The van der Waals surface area contributed by atoms with Gasteiger partial charge in [0.15, 0.2) is 0 Å². The summed E-state index contributed by atoms with van der Waals surface area (Å²) in [5, 5.41) is 2.69. The van der Waals surface area contributed by atoms with Crippen LogP contribution in [0, 0.1) is 12.7 Å². The molecule has 17 heavy (non-hydrogen) atoms. The van der Waals surface area contributed by atoms with Crippen LogP contribution < -0.4 is 5.32 Å². The third-order valence-electron chi connectivity index (χ3n) is 2.36. The molecular formula is C13H11FN2O. The first-order valence-electron chi connectivity index (χ1n) is 5.14. The Morgan fingerprint density at radius 3 is 2.59 bits per heavy atom. The lowest BCUT2D eigenvalue weighted by atomic mass is 10.2. The number of aromatic nitrogens is 1. The molecule has 0 unspecified atom stereocenters. The van der Waals surface area contributed by atoms with Gasteiger partial charge < -0.3 is 5.32 Å². The summed E-state index contributed by atoms with van der Waals surface area (Å²) >= 11 is 0. The number of carbonyl (C=O) groups is 1. The number of hydrogen-bond acceptors (Lipinski definition) is 2. The number of rotatable bonds is 2. The average Bonchev–Trinajstić information content (AvgIpc) is 2.35. The molecule has 0 bridgehead atoms. The molecule has 2 aromatic rings. The average molecular weight is 230 g/mol. The number of anilines is 1. The Balaban J connectivity index is 2.16. The Hall–Kier alpha value is -2.23.